The van der Waals surface area contributed by atoms with Crippen molar-refractivity contribution in [3.63, 3.8) is 0 Å². The fourth-order valence-corrected chi connectivity index (χ4v) is 1.66. The Morgan fingerprint density at radius 2 is 1.42 bits per heavy atom. The monoisotopic (exact) mass is 286 g/mol. The van der Waals surface area contributed by atoms with Gasteiger partial charge in [0.05, 0.1) is 0 Å². The number of carbonyl (C=O) groups excluding carboxylic acids is 2. The summed E-state index contributed by atoms with van der Waals surface area (Å²) in [6.07, 6.45) is 12.6. The number of rotatable bonds is 1. The molecule has 0 spiro atoms. The second-order valence-electron chi connectivity index (χ2n) is 4.51. The second kappa shape index (κ2) is 10.8. The van der Waals surface area contributed by atoms with E-state index in [9.17, 15) is 9.59 Å². The van der Waals surface area contributed by atoms with E-state index in [0.717, 1.165) is 25.7 Å². The molecule has 2 aliphatic rings. The van der Waals surface area contributed by atoms with Crippen LogP contribution in [0.4, 0.5) is 0 Å². The minimum atomic E-state index is -0.361. The maximum atomic E-state index is 10.5. The van der Waals surface area contributed by atoms with Crippen LogP contribution in [-0.2, 0) is 9.59 Å². The molecule has 0 heterocycles. The van der Waals surface area contributed by atoms with Crippen LogP contribution in [0, 0.1) is 0 Å². The Hall–Kier alpha value is -1.13. The highest BCUT2D eigenvalue weighted by atomic mass is 35.5. The van der Waals surface area contributed by atoms with Crippen molar-refractivity contribution >= 4 is 22.8 Å². The fourth-order valence-electron chi connectivity index (χ4n) is 1.66. The van der Waals surface area contributed by atoms with E-state index >= 15 is 0 Å². The van der Waals surface area contributed by atoms with Crippen molar-refractivity contribution < 1.29 is 9.59 Å². The third kappa shape index (κ3) is 13.1. The summed E-state index contributed by atoms with van der Waals surface area (Å²) >= 11 is 4.64. The van der Waals surface area contributed by atoms with Crippen LogP contribution < -0.4 is 11.1 Å². The zero-order valence-electron chi connectivity index (χ0n) is 11.6. The normalized spacial score (nSPS) is 17.3. The number of nitrogens with one attached hydrogen (secondary N) is 1. The fraction of sp³-hybridized carbons (Fsp3) is 0.571. The highest BCUT2D eigenvalue weighted by Crippen LogP contribution is 2.08. The van der Waals surface area contributed by atoms with Crippen LogP contribution in [-0.4, -0.2) is 23.2 Å². The topological polar surface area (TPSA) is 72.2 Å². The summed E-state index contributed by atoms with van der Waals surface area (Å²) in [5.74, 6) is 0.0729. The molecule has 0 atom stereocenters. The molecule has 0 aromatic rings. The highest BCUT2D eigenvalue weighted by Gasteiger charge is 2.09. The SMILES string of the molecule is CC(=O)Cl.CC(=O)NC1CC=CC1.NC1CC=CC1. The lowest BCUT2D eigenvalue weighted by Gasteiger charge is -2.08. The van der Waals surface area contributed by atoms with Crippen LogP contribution in [0.1, 0.15) is 39.5 Å². The van der Waals surface area contributed by atoms with Crippen molar-refractivity contribution in [1.29, 1.82) is 0 Å². The van der Waals surface area contributed by atoms with Crippen LogP contribution in [0.3, 0.4) is 0 Å². The van der Waals surface area contributed by atoms with E-state index in [1.807, 2.05) is 0 Å². The molecule has 0 fully saturated rings. The van der Waals surface area contributed by atoms with Crippen molar-refractivity contribution in [2.45, 2.75) is 51.6 Å². The van der Waals surface area contributed by atoms with Gasteiger partial charge in [-0.3, -0.25) is 9.59 Å². The first-order valence-corrected chi connectivity index (χ1v) is 6.78. The molecule has 2 rings (SSSR count). The Morgan fingerprint density at radius 1 is 1.05 bits per heavy atom. The molecule has 5 heteroatoms. The second-order valence-corrected chi connectivity index (χ2v) is 5.05. The molecular weight excluding hydrogens is 264 g/mol. The van der Waals surface area contributed by atoms with E-state index in [4.69, 9.17) is 5.73 Å². The van der Waals surface area contributed by atoms with Gasteiger partial charge in [0.2, 0.25) is 11.1 Å². The van der Waals surface area contributed by atoms with E-state index in [1.54, 1.807) is 6.92 Å². The van der Waals surface area contributed by atoms with E-state index in [2.05, 4.69) is 41.2 Å². The average molecular weight is 287 g/mol. The van der Waals surface area contributed by atoms with Gasteiger partial charge in [0.1, 0.15) is 0 Å². The van der Waals surface area contributed by atoms with Crippen LogP contribution >= 0.6 is 11.6 Å². The van der Waals surface area contributed by atoms with Crippen molar-refractivity contribution in [3.05, 3.63) is 24.3 Å². The van der Waals surface area contributed by atoms with E-state index in [0.29, 0.717) is 12.1 Å². The van der Waals surface area contributed by atoms with Crippen molar-refractivity contribution in [2.75, 3.05) is 0 Å². The van der Waals surface area contributed by atoms with Crippen LogP contribution in [0.5, 0.6) is 0 Å². The third-order valence-corrected chi connectivity index (χ3v) is 2.46. The minimum Gasteiger partial charge on any atom is -0.353 e. The number of carbonyl (C=O) groups is 2. The first-order chi connectivity index (χ1) is 8.91. The average Bonchev–Trinajstić information content (AvgIpc) is 2.90. The predicted octanol–water partition coefficient (Wildman–Crippen LogP) is 2.28. The lowest BCUT2D eigenvalue weighted by atomic mass is 10.2. The van der Waals surface area contributed by atoms with Gasteiger partial charge in [0.15, 0.2) is 0 Å². The molecule has 0 radical (unpaired) electrons. The molecule has 3 N–H and O–H groups in total. The van der Waals surface area contributed by atoms with Gasteiger partial charge in [-0.25, -0.2) is 0 Å². The summed E-state index contributed by atoms with van der Waals surface area (Å²) in [7, 11) is 0. The summed E-state index contributed by atoms with van der Waals surface area (Å²) in [6.45, 7) is 2.85. The molecule has 0 unspecified atom stereocenters. The molecule has 0 aliphatic heterocycles. The predicted molar refractivity (Wildman–Crippen MR) is 78.9 cm³/mol. The van der Waals surface area contributed by atoms with Gasteiger partial charge < -0.3 is 11.1 Å². The Morgan fingerprint density at radius 3 is 1.68 bits per heavy atom. The van der Waals surface area contributed by atoms with Gasteiger partial charge in [-0.1, -0.05) is 24.3 Å². The number of hydrogen-bond donors (Lipinski definition) is 2. The first kappa shape index (κ1) is 17.9. The summed E-state index contributed by atoms with van der Waals surface area (Å²) < 4.78 is 0. The Labute approximate surface area is 120 Å². The molecule has 19 heavy (non-hydrogen) atoms. The summed E-state index contributed by atoms with van der Waals surface area (Å²) in [4.78, 5) is 19.7. The van der Waals surface area contributed by atoms with Crippen molar-refractivity contribution in [1.82, 2.24) is 5.32 Å². The quantitative estimate of drug-likeness (QED) is 0.574. The Bertz CT molecular complexity index is 320. The Balaban J connectivity index is 0.000000281. The lowest BCUT2D eigenvalue weighted by molar-refractivity contribution is -0.119. The minimum absolute atomic E-state index is 0.0729. The first-order valence-electron chi connectivity index (χ1n) is 6.40. The summed E-state index contributed by atoms with van der Waals surface area (Å²) in [5.41, 5.74) is 5.47. The standard InChI is InChI=1S/C7H11NO.C5H9N.C2H3ClO/c1-6(9)8-7-4-2-3-5-7;6-5-3-1-2-4-5;1-2(3)4/h2-3,7H,4-5H2,1H3,(H,8,9);1-2,5H,3-4,6H2;1H3. The molecule has 4 nitrogen and oxygen atoms in total. The zero-order valence-corrected chi connectivity index (χ0v) is 12.3. The number of hydrogen-bond acceptors (Lipinski definition) is 3. The third-order valence-electron chi connectivity index (χ3n) is 2.46. The lowest BCUT2D eigenvalue weighted by Crippen LogP contribution is -2.30. The van der Waals surface area contributed by atoms with Gasteiger partial charge in [0, 0.05) is 25.9 Å². The molecular formula is C14H23ClN2O2. The molecule has 0 saturated heterocycles. The molecule has 2 aliphatic carbocycles. The van der Waals surface area contributed by atoms with Gasteiger partial charge in [-0.2, -0.15) is 0 Å². The van der Waals surface area contributed by atoms with E-state index in [-0.39, 0.29) is 11.1 Å². The van der Waals surface area contributed by atoms with Gasteiger partial charge in [-0.05, 0) is 37.3 Å². The maximum absolute atomic E-state index is 10.5. The smallest absolute Gasteiger partial charge is 0.218 e. The van der Waals surface area contributed by atoms with Gasteiger partial charge in [0.25, 0.3) is 0 Å². The maximum Gasteiger partial charge on any atom is 0.218 e. The molecule has 0 saturated carbocycles. The van der Waals surface area contributed by atoms with Crippen molar-refractivity contribution in [2.24, 2.45) is 5.73 Å². The molecule has 1 amide bonds. The summed E-state index contributed by atoms with van der Waals surface area (Å²) in [5, 5.41) is 2.48. The van der Waals surface area contributed by atoms with E-state index in [1.165, 1.54) is 6.92 Å². The largest absolute Gasteiger partial charge is 0.353 e. The summed E-state index contributed by atoms with van der Waals surface area (Å²) in [6, 6.07) is 0.812. The number of nitrogens with two attached hydrogens (primary N) is 1. The van der Waals surface area contributed by atoms with Gasteiger partial charge >= 0.3 is 0 Å². The zero-order chi connectivity index (χ0) is 14.7. The molecule has 0 aromatic carbocycles. The number of halogens is 1. The van der Waals surface area contributed by atoms with Gasteiger partial charge in [-0.15, -0.1) is 0 Å². The number of amides is 1. The molecule has 0 bridgehead atoms. The van der Waals surface area contributed by atoms with Crippen LogP contribution in [0.15, 0.2) is 24.3 Å². The molecule has 108 valence electrons. The van der Waals surface area contributed by atoms with E-state index < -0.39 is 0 Å². The van der Waals surface area contributed by atoms with Crippen LogP contribution in [0.2, 0.25) is 0 Å². The molecule has 0 aromatic heterocycles. The Kier molecular flexibility index (Phi) is 10.1. The van der Waals surface area contributed by atoms with Crippen molar-refractivity contribution in [3.8, 4) is 0 Å². The van der Waals surface area contributed by atoms with Crippen LogP contribution in [0.25, 0.3) is 0 Å². The highest BCUT2D eigenvalue weighted by molar-refractivity contribution is 6.62.